The third kappa shape index (κ3) is 3.26. The monoisotopic (exact) mass is 469 g/mol. The summed E-state index contributed by atoms with van der Waals surface area (Å²) in [4.78, 5) is 2.34. The zero-order valence-electron chi connectivity index (χ0n) is 18.8. The second-order valence-electron chi connectivity index (χ2n) is 8.76. The molecule has 6 aromatic carbocycles. The van der Waals surface area contributed by atoms with Gasteiger partial charge in [-0.1, -0.05) is 78.3 Å². The van der Waals surface area contributed by atoms with E-state index >= 15 is 0 Å². The summed E-state index contributed by atoms with van der Waals surface area (Å²) in [7, 11) is 0. The number of hydrogen-bond acceptors (Lipinski definition) is 2. The Morgan fingerprint density at radius 1 is 0.486 bits per heavy atom. The van der Waals surface area contributed by atoms with Crippen LogP contribution < -0.4 is 4.90 Å². The standard InChI is InChI=1S/C32H20ClNO/c33-22-14-16-28-29-20-24(15-17-31(29)35-32(28)19-22)34(23-9-2-1-3-10-23)30-18-21-8-4-5-11-25(21)26-12-6-7-13-27(26)30/h1-20H. The highest BCUT2D eigenvalue weighted by atomic mass is 35.5. The minimum absolute atomic E-state index is 0.672. The van der Waals surface area contributed by atoms with E-state index in [1.54, 1.807) is 0 Å². The highest BCUT2D eigenvalue weighted by Crippen LogP contribution is 2.43. The fourth-order valence-electron chi connectivity index (χ4n) is 5.10. The summed E-state index contributed by atoms with van der Waals surface area (Å²) >= 11 is 6.22. The number of benzene rings is 6. The van der Waals surface area contributed by atoms with E-state index in [0.29, 0.717) is 5.02 Å². The first-order valence-corrected chi connectivity index (χ1v) is 12.0. The van der Waals surface area contributed by atoms with E-state index in [1.165, 1.54) is 21.5 Å². The average molecular weight is 470 g/mol. The first-order valence-electron chi connectivity index (χ1n) is 11.6. The van der Waals surface area contributed by atoms with Crippen molar-refractivity contribution in [2.45, 2.75) is 0 Å². The smallest absolute Gasteiger partial charge is 0.136 e. The van der Waals surface area contributed by atoms with Gasteiger partial charge in [-0.15, -0.1) is 0 Å². The molecule has 0 spiro atoms. The molecule has 1 aromatic heterocycles. The molecule has 0 aliphatic carbocycles. The summed E-state index contributed by atoms with van der Waals surface area (Å²) in [5.41, 5.74) is 4.96. The van der Waals surface area contributed by atoms with Gasteiger partial charge in [-0.05, 0) is 64.7 Å². The lowest BCUT2D eigenvalue weighted by Crippen LogP contribution is -2.10. The Kier molecular flexibility index (Phi) is 4.54. The van der Waals surface area contributed by atoms with Crippen molar-refractivity contribution >= 4 is 72.1 Å². The van der Waals surface area contributed by atoms with Crippen molar-refractivity contribution in [3.8, 4) is 0 Å². The lowest BCUT2D eigenvalue weighted by Gasteiger charge is -2.27. The second-order valence-corrected chi connectivity index (χ2v) is 9.19. The molecule has 1 heterocycles. The van der Waals surface area contributed by atoms with Crippen molar-refractivity contribution in [1.29, 1.82) is 0 Å². The van der Waals surface area contributed by atoms with Crippen molar-refractivity contribution in [1.82, 2.24) is 0 Å². The Morgan fingerprint density at radius 3 is 2.09 bits per heavy atom. The number of hydrogen-bond donors (Lipinski definition) is 0. The number of halogens is 1. The third-order valence-corrected chi connectivity index (χ3v) is 6.91. The molecule has 0 saturated heterocycles. The second kappa shape index (κ2) is 7.90. The van der Waals surface area contributed by atoms with E-state index in [1.807, 2.05) is 18.2 Å². The fraction of sp³-hybridized carbons (Fsp3) is 0. The highest BCUT2D eigenvalue weighted by Gasteiger charge is 2.18. The van der Waals surface area contributed by atoms with Gasteiger partial charge in [-0.25, -0.2) is 0 Å². The Balaban J connectivity index is 1.55. The molecule has 0 bridgehead atoms. The summed E-state index contributed by atoms with van der Waals surface area (Å²) in [5.74, 6) is 0. The minimum Gasteiger partial charge on any atom is -0.456 e. The molecule has 2 nitrogen and oxygen atoms in total. The van der Waals surface area contributed by atoms with Gasteiger partial charge in [0.05, 0.1) is 5.69 Å². The molecule has 7 rings (SSSR count). The van der Waals surface area contributed by atoms with Gasteiger partial charge in [0, 0.05) is 38.6 Å². The predicted octanol–water partition coefficient (Wildman–Crippen LogP) is 10.0. The molecule has 0 aliphatic rings. The molecule has 0 radical (unpaired) electrons. The highest BCUT2D eigenvalue weighted by molar-refractivity contribution is 6.31. The van der Waals surface area contributed by atoms with Crippen LogP contribution in [0, 0.1) is 0 Å². The fourth-order valence-corrected chi connectivity index (χ4v) is 5.26. The maximum Gasteiger partial charge on any atom is 0.136 e. The zero-order valence-corrected chi connectivity index (χ0v) is 19.5. The van der Waals surface area contributed by atoms with Crippen LogP contribution in [-0.4, -0.2) is 0 Å². The SMILES string of the molecule is Clc1ccc2c(c1)oc1ccc(N(c3ccccc3)c3cc4ccccc4c4ccccc34)cc12. The minimum atomic E-state index is 0.672. The van der Waals surface area contributed by atoms with Crippen LogP contribution in [0.2, 0.25) is 5.02 Å². The van der Waals surface area contributed by atoms with E-state index in [9.17, 15) is 0 Å². The molecule has 7 aromatic rings. The van der Waals surface area contributed by atoms with Crippen molar-refractivity contribution < 1.29 is 4.42 Å². The van der Waals surface area contributed by atoms with E-state index in [2.05, 4.69) is 108 Å². The lowest BCUT2D eigenvalue weighted by atomic mass is 9.99. The molecule has 0 N–H and O–H groups in total. The van der Waals surface area contributed by atoms with Gasteiger partial charge in [-0.3, -0.25) is 0 Å². The third-order valence-electron chi connectivity index (χ3n) is 6.68. The van der Waals surface area contributed by atoms with Crippen molar-refractivity contribution in [2.24, 2.45) is 0 Å². The maximum absolute atomic E-state index is 6.22. The van der Waals surface area contributed by atoms with Crippen LogP contribution in [0.25, 0.3) is 43.5 Å². The van der Waals surface area contributed by atoms with Gasteiger partial charge in [0.15, 0.2) is 0 Å². The van der Waals surface area contributed by atoms with Gasteiger partial charge in [0.25, 0.3) is 0 Å². The molecular formula is C32H20ClNO. The number of para-hydroxylation sites is 1. The van der Waals surface area contributed by atoms with Gasteiger partial charge < -0.3 is 9.32 Å². The molecule has 0 saturated carbocycles. The van der Waals surface area contributed by atoms with Crippen molar-refractivity contribution in [3.63, 3.8) is 0 Å². The van der Waals surface area contributed by atoms with E-state index < -0.39 is 0 Å². The van der Waals surface area contributed by atoms with Gasteiger partial charge in [0.2, 0.25) is 0 Å². The van der Waals surface area contributed by atoms with Crippen molar-refractivity contribution in [2.75, 3.05) is 4.90 Å². The van der Waals surface area contributed by atoms with Crippen molar-refractivity contribution in [3.05, 3.63) is 126 Å². The van der Waals surface area contributed by atoms with Crippen LogP contribution in [0.3, 0.4) is 0 Å². The molecule has 0 unspecified atom stereocenters. The number of nitrogens with zero attached hydrogens (tertiary/aromatic N) is 1. The Bertz CT molecular complexity index is 1870. The lowest BCUT2D eigenvalue weighted by molar-refractivity contribution is 0.669. The Hall–Kier alpha value is -4.27. The van der Waals surface area contributed by atoms with Gasteiger partial charge in [0.1, 0.15) is 11.2 Å². The van der Waals surface area contributed by atoms with E-state index in [4.69, 9.17) is 16.0 Å². The first kappa shape index (κ1) is 20.1. The average Bonchev–Trinajstić information content (AvgIpc) is 3.26. The van der Waals surface area contributed by atoms with E-state index in [0.717, 1.165) is 39.0 Å². The number of anilines is 3. The summed E-state index contributed by atoms with van der Waals surface area (Å²) in [6.07, 6.45) is 0. The molecule has 0 aliphatic heterocycles. The van der Waals surface area contributed by atoms with Gasteiger partial charge >= 0.3 is 0 Å². The normalized spacial score (nSPS) is 11.6. The summed E-state index contributed by atoms with van der Waals surface area (Å²) < 4.78 is 6.10. The van der Waals surface area contributed by atoms with Gasteiger partial charge in [-0.2, -0.15) is 0 Å². The van der Waals surface area contributed by atoms with Crippen LogP contribution in [0.4, 0.5) is 17.1 Å². The summed E-state index contributed by atoms with van der Waals surface area (Å²) in [6.45, 7) is 0. The number of fused-ring (bicyclic) bond motifs is 6. The number of rotatable bonds is 3. The molecule has 0 amide bonds. The summed E-state index contributed by atoms with van der Waals surface area (Å²) in [6, 6.07) is 42.3. The summed E-state index contributed by atoms with van der Waals surface area (Å²) in [5, 5.41) is 7.72. The van der Waals surface area contributed by atoms with Crippen LogP contribution in [0.1, 0.15) is 0 Å². The number of furan rings is 1. The molecule has 0 fully saturated rings. The molecular weight excluding hydrogens is 450 g/mol. The Morgan fingerprint density at radius 2 is 1.23 bits per heavy atom. The quantitative estimate of drug-likeness (QED) is 0.239. The zero-order chi connectivity index (χ0) is 23.4. The van der Waals surface area contributed by atoms with Crippen LogP contribution >= 0.6 is 11.6 Å². The van der Waals surface area contributed by atoms with Crippen LogP contribution in [0.5, 0.6) is 0 Å². The maximum atomic E-state index is 6.22. The predicted molar refractivity (Wildman–Crippen MR) is 148 cm³/mol. The molecule has 3 heteroatoms. The topological polar surface area (TPSA) is 16.4 Å². The molecule has 0 atom stereocenters. The van der Waals surface area contributed by atoms with Crippen LogP contribution in [0.15, 0.2) is 126 Å². The largest absolute Gasteiger partial charge is 0.456 e. The van der Waals surface area contributed by atoms with Crippen LogP contribution in [-0.2, 0) is 0 Å². The molecule has 35 heavy (non-hydrogen) atoms. The first-order chi connectivity index (χ1) is 17.3. The van der Waals surface area contributed by atoms with E-state index in [-0.39, 0.29) is 0 Å². The Labute approximate surface area is 207 Å². The molecule has 166 valence electrons.